The number of hydrogen-bond donors (Lipinski definition) is 0. The van der Waals surface area contributed by atoms with E-state index in [0.29, 0.717) is 31.2 Å². The van der Waals surface area contributed by atoms with E-state index in [1.807, 2.05) is 45.0 Å². The lowest BCUT2D eigenvalue weighted by Crippen LogP contribution is -2.39. The van der Waals surface area contributed by atoms with Crippen LogP contribution in [-0.2, 0) is 14.3 Å². The van der Waals surface area contributed by atoms with Crippen LogP contribution >= 0.6 is 22.9 Å². The van der Waals surface area contributed by atoms with Crippen LogP contribution in [-0.4, -0.2) is 34.8 Å². The van der Waals surface area contributed by atoms with Crippen molar-refractivity contribution in [3.8, 4) is 5.69 Å². The summed E-state index contributed by atoms with van der Waals surface area (Å²) in [6.07, 6.45) is 1.85. The molecule has 0 amide bonds. The van der Waals surface area contributed by atoms with Gasteiger partial charge >= 0.3 is 11.9 Å². The largest absolute Gasteiger partial charge is 0.465 e. The third-order valence-electron chi connectivity index (χ3n) is 7.41. The maximum Gasteiger partial charge on any atom is 0.338 e. The van der Waals surface area contributed by atoms with Crippen LogP contribution in [0.15, 0.2) is 69.6 Å². The molecule has 0 bridgehead atoms. The number of nitrogens with zero attached hydrogens (tertiary/aromatic N) is 3. The lowest BCUT2D eigenvalue weighted by molar-refractivity contribution is -0.139. The van der Waals surface area contributed by atoms with Gasteiger partial charge in [0.1, 0.15) is 0 Å². The zero-order valence-electron chi connectivity index (χ0n) is 24.1. The summed E-state index contributed by atoms with van der Waals surface area (Å²) >= 11 is 7.42. The van der Waals surface area contributed by atoms with Gasteiger partial charge in [-0.05, 0) is 87.7 Å². The van der Waals surface area contributed by atoms with Crippen LogP contribution in [0.25, 0.3) is 11.8 Å². The number of hydrogen-bond acceptors (Lipinski definition) is 7. The molecule has 0 saturated carbocycles. The number of esters is 2. The second-order valence-corrected chi connectivity index (χ2v) is 11.4. The number of carbonyl (C=O) groups is 2. The van der Waals surface area contributed by atoms with Crippen molar-refractivity contribution in [1.82, 2.24) is 9.13 Å². The highest BCUT2D eigenvalue weighted by molar-refractivity contribution is 7.07. The molecule has 2 aromatic heterocycles. The average molecular weight is 604 g/mol. The molecule has 0 saturated heterocycles. The molecule has 0 spiro atoms. The molecule has 1 atom stereocenters. The monoisotopic (exact) mass is 603 g/mol. The molecule has 8 nitrogen and oxygen atoms in total. The summed E-state index contributed by atoms with van der Waals surface area (Å²) in [5.41, 5.74) is 6.12. The quantitative estimate of drug-likeness (QED) is 0.291. The van der Waals surface area contributed by atoms with E-state index in [2.05, 4.69) is 9.56 Å². The van der Waals surface area contributed by atoms with Gasteiger partial charge in [-0.15, -0.1) is 0 Å². The number of benzene rings is 2. The predicted molar refractivity (Wildman–Crippen MR) is 163 cm³/mol. The van der Waals surface area contributed by atoms with Crippen LogP contribution in [0.1, 0.15) is 58.3 Å². The number of thiazole rings is 1. The molecule has 1 aliphatic heterocycles. The minimum Gasteiger partial charge on any atom is -0.465 e. The Morgan fingerprint density at radius 2 is 1.79 bits per heavy atom. The van der Waals surface area contributed by atoms with Gasteiger partial charge in [0.15, 0.2) is 4.80 Å². The van der Waals surface area contributed by atoms with E-state index in [4.69, 9.17) is 21.1 Å². The van der Waals surface area contributed by atoms with Crippen LogP contribution in [0.2, 0.25) is 5.02 Å². The third-order valence-corrected chi connectivity index (χ3v) is 8.65. The van der Waals surface area contributed by atoms with Gasteiger partial charge in [0.2, 0.25) is 0 Å². The van der Waals surface area contributed by atoms with Crippen molar-refractivity contribution in [2.45, 2.75) is 40.7 Å². The normalized spacial score (nSPS) is 14.9. The molecule has 5 rings (SSSR count). The van der Waals surface area contributed by atoms with Gasteiger partial charge in [0.05, 0.1) is 41.1 Å². The highest BCUT2D eigenvalue weighted by Gasteiger charge is 2.33. The van der Waals surface area contributed by atoms with Crippen molar-refractivity contribution in [3.05, 3.63) is 118 Å². The van der Waals surface area contributed by atoms with Crippen molar-refractivity contribution in [2.24, 2.45) is 4.99 Å². The molecule has 0 fully saturated rings. The molecule has 1 aliphatic rings. The molecule has 0 aliphatic carbocycles. The molecule has 4 aromatic rings. The van der Waals surface area contributed by atoms with Crippen molar-refractivity contribution < 1.29 is 19.1 Å². The number of aryl methyl sites for hydroxylation is 1. The Bertz CT molecular complexity index is 1950. The molecule has 0 N–H and O–H groups in total. The maximum absolute atomic E-state index is 14.0. The van der Waals surface area contributed by atoms with E-state index in [9.17, 15) is 14.4 Å². The van der Waals surface area contributed by atoms with Crippen LogP contribution in [0.5, 0.6) is 0 Å². The molecule has 0 radical (unpaired) electrons. The van der Waals surface area contributed by atoms with Crippen LogP contribution < -0.4 is 14.9 Å². The highest BCUT2D eigenvalue weighted by atomic mass is 35.5. The Balaban J connectivity index is 1.68. The van der Waals surface area contributed by atoms with Gasteiger partial charge in [-0.3, -0.25) is 9.36 Å². The number of carbonyl (C=O) groups excluding carboxylic acids is 2. The Labute approximate surface area is 251 Å². The van der Waals surface area contributed by atoms with E-state index in [1.165, 1.54) is 18.4 Å². The molecule has 42 heavy (non-hydrogen) atoms. The predicted octanol–water partition coefficient (Wildman–Crippen LogP) is 4.95. The number of allylic oxidation sites excluding steroid dienone is 1. The summed E-state index contributed by atoms with van der Waals surface area (Å²) in [4.78, 5) is 44.6. The summed E-state index contributed by atoms with van der Waals surface area (Å²) in [5, 5.41) is 0.548. The summed E-state index contributed by atoms with van der Waals surface area (Å²) in [5.74, 6) is -0.910. The van der Waals surface area contributed by atoms with E-state index < -0.39 is 18.0 Å². The molecule has 10 heteroatoms. The molecule has 2 aromatic carbocycles. The number of aromatic nitrogens is 2. The van der Waals surface area contributed by atoms with E-state index in [1.54, 1.807) is 48.7 Å². The second-order valence-electron chi connectivity index (χ2n) is 9.96. The second kappa shape index (κ2) is 11.6. The SMILES string of the molecule is CCOC(=O)C1=C(C)N=c2s/c(=C/c3cc(C)n(-c4cccc(C(=O)OC)c4C)c3C)c(=O)n2[C@H]1c1ccc(Cl)cc1. The average Bonchev–Trinajstić information content (AvgIpc) is 3.41. The van der Waals surface area contributed by atoms with Crippen LogP contribution in [0.3, 0.4) is 0 Å². The Morgan fingerprint density at radius 1 is 1.07 bits per heavy atom. The fraction of sp³-hybridized carbons (Fsp3) is 0.250. The van der Waals surface area contributed by atoms with Gasteiger partial charge in [0.25, 0.3) is 5.56 Å². The van der Waals surface area contributed by atoms with Crippen molar-refractivity contribution >= 4 is 41.0 Å². The first-order chi connectivity index (χ1) is 20.1. The lowest BCUT2D eigenvalue weighted by Gasteiger charge is -2.24. The van der Waals surface area contributed by atoms with E-state index in [-0.39, 0.29) is 12.2 Å². The summed E-state index contributed by atoms with van der Waals surface area (Å²) in [6, 6.07) is 13.9. The summed E-state index contributed by atoms with van der Waals surface area (Å²) in [6.45, 7) is 9.53. The van der Waals surface area contributed by atoms with Gasteiger partial charge in [-0.1, -0.05) is 41.1 Å². The van der Waals surface area contributed by atoms with Crippen molar-refractivity contribution in [2.75, 3.05) is 13.7 Å². The fourth-order valence-electron chi connectivity index (χ4n) is 5.39. The number of fused-ring (bicyclic) bond motifs is 1. The van der Waals surface area contributed by atoms with E-state index in [0.717, 1.165) is 33.8 Å². The minimum absolute atomic E-state index is 0.199. The molecule has 0 unspecified atom stereocenters. The number of methoxy groups -OCH3 is 1. The lowest BCUT2D eigenvalue weighted by atomic mass is 9.96. The van der Waals surface area contributed by atoms with Gasteiger partial charge < -0.3 is 14.0 Å². The van der Waals surface area contributed by atoms with Crippen molar-refractivity contribution in [3.63, 3.8) is 0 Å². The highest BCUT2D eigenvalue weighted by Crippen LogP contribution is 2.31. The first kappa shape index (κ1) is 29.3. The molecule has 3 heterocycles. The molecular weight excluding hydrogens is 574 g/mol. The smallest absolute Gasteiger partial charge is 0.338 e. The summed E-state index contributed by atoms with van der Waals surface area (Å²) in [7, 11) is 1.36. The third kappa shape index (κ3) is 5.03. The van der Waals surface area contributed by atoms with Crippen molar-refractivity contribution in [1.29, 1.82) is 0 Å². The number of rotatable bonds is 6. The van der Waals surface area contributed by atoms with Crippen LogP contribution in [0.4, 0.5) is 0 Å². The van der Waals surface area contributed by atoms with Gasteiger partial charge in [-0.2, -0.15) is 0 Å². The zero-order chi connectivity index (χ0) is 30.3. The van der Waals surface area contributed by atoms with Gasteiger partial charge in [0, 0.05) is 22.1 Å². The fourth-order valence-corrected chi connectivity index (χ4v) is 6.56. The maximum atomic E-state index is 14.0. The topological polar surface area (TPSA) is 91.9 Å². The first-order valence-electron chi connectivity index (χ1n) is 13.4. The number of ether oxygens (including phenoxy) is 2. The number of halogens is 1. The Kier molecular flexibility index (Phi) is 8.08. The molecule has 216 valence electrons. The Morgan fingerprint density at radius 3 is 2.45 bits per heavy atom. The minimum atomic E-state index is -0.712. The summed E-state index contributed by atoms with van der Waals surface area (Å²) < 4.78 is 14.4. The molecular formula is C32H30ClN3O5S. The standard InChI is InChI=1S/C32H30ClN3O5S/c1-7-41-31(39)27-19(4)34-32-36(28(27)21-11-13-23(33)14-12-21)29(37)26(42-32)16-22-15-17(2)35(20(22)5)25-10-8-9-24(18(25)3)30(38)40-6/h8-16,28H,7H2,1-6H3/b26-16+/t28-/m0/s1. The van der Waals surface area contributed by atoms with E-state index >= 15 is 0 Å². The van der Waals surface area contributed by atoms with Crippen LogP contribution in [0, 0.1) is 20.8 Å². The zero-order valence-corrected chi connectivity index (χ0v) is 25.7. The van der Waals surface area contributed by atoms with Gasteiger partial charge in [-0.25, -0.2) is 14.6 Å². The first-order valence-corrected chi connectivity index (χ1v) is 14.6. The Hall–Kier alpha value is -4.21.